The molecule has 0 saturated carbocycles. The van der Waals surface area contributed by atoms with Crippen molar-refractivity contribution in [2.75, 3.05) is 44.2 Å². The van der Waals surface area contributed by atoms with Crippen LogP contribution in [0.4, 0.5) is 5.82 Å². The van der Waals surface area contributed by atoms with Gasteiger partial charge in [-0.1, -0.05) is 6.07 Å². The lowest BCUT2D eigenvalue weighted by Gasteiger charge is -2.34. The highest BCUT2D eigenvalue weighted by molar-refractivity contribution is 5.97. The Bertz CT molecular complexity index is 641. The Balaban J connectivity index is 1.50. The molecule has 2 aliphatic rings. The second-order valence-electron chi connectivity index (χ2n) is 6.21. The summed E-state index contributed by atoms with van der Waals surface area (Å²) < 4.78 is 5.48. The third-order valence-corrected chi connectivity index (χ3v) is 4.48. The molecule has 3 rings (SSSR count). The standard InChI is InChI=1S/C18H23N5O2/c19-12-15(18(24)21-13-16-4-3-11-25-16)14-22-7-9-23(10-8-22)17-5-1-2-6-20-17/h1-2,5-6,14,16H,3-4,7-11,13H2,(H,21,24)/b15-14-. The SMILES string of the molecule is N#C/C(=C/N1CCN(c2ccccn2)CC1)C(=O)NCC1CCCO1. The summed E-state index contributed by atoms with van der Waals surface area (Å²) >= 11 is 0. The van der Waals surface area contributed by atoms with Gasteiger partial charge < -0.3 is 19.9 Å². The molecule has 1 amide bonds. The third kappa shape index (κ3) is 4.70. The maximum Gasteiger partial charge on any atom is 0.263 e. The molecule has 0 aliphatic carbocycles. The number of hydrogen-bond donors (Lipinski definition) is 1. The molecule has 1 N–H and O–H groups in total. The molecule has 2 aliphatic heterocycles. The van der Waals surface area contributed by atoms with E-state index in [1.54, 1.807) is 12.4 Å². The Kier molecular flexibility index (Phi) is 5.86. The van der Waals surface area contributed by atoms with E-state index in [2.05, 4.69) is 15.2 Å². The van der Waals surface area contributed by atoms with Crippen LogP contribution in [0.1, 0.15) is 12.8 Å². The molecule has 2 fully saturated rings. The Labute approximate surface area is 147 Å². The van der Waals surface area contributed by atoms with Crippen molar-refractivity contribution in [2.24, 2.45) is 0 Å². The predicted octanol–water partition coefficient (Wildman–Crippen LogP) is 0.906. The molecule has 0 spiro atoms. The molecule has 0 aromatic carbocycles. The fourth-order valence-electron chi connectivity index (χ4n) is 3.05. The highest BCUT2D eigenvalue weighted by Crippen LogP contribution is 2.14. The fourth-order valence-corrected chi connectivity index (χ4v) is 3.05. The summed E-state index contributed by atoms with van der Waals surface area (Å²) in [6.07, 6.45) is 5.52. The van der Waals surface area contributed by atoms with Crippen LogP contribution in [0.2, 0.25) is 0 Å². The number of anilines is 1. The fraction of sp³-hybridized carbons (Fsp3) is 0.500. The van der Waals surface area contributed by atoms with Crippen LogP contribution >= 0.6 is 0 Å². The average molecular weight is 341 g/mol. The molecule has 25 heavy (non-hydrogen) atoms. The van der Waals surface area contributed by atoms with Gasteiger partial charge in [-0.05, 0) is 25.0 Å². The second-order valence-corrected chi connectivity index (χ2v) is 6.21. The van der Waals surface area contributed by atoms with Gasteiger partial charge in [0.15, 0.2) is 0 Å². The summed E-state index contributed by atoms with van der Waals surface area (Å²) in [7, 11) is 0. The van der Waals surface area contributed by atoms with Crippen LogP contribution in [0.5, 0.6) is 0 Å². The van der Waals surface area contributed by atoms with Crippen molar-refractivity contribution in [3.63, 3.8) is 0 Å². The Morgan fingerprint density at radius 2 is 2.24 bits per heavy atom. The van der Waals surface area contributed by atoms with Crippen LogP contribution in [0.3, 0.4) is 0 Å². The third-order valence-electron chi connectivity index (χ3n) is 4.48. The summed E-state index contributed by atoms with van der Waals surface area (Å²) in [4.78, 5) is 20.8. The molecule has 1 atom stereocenters. The first kappa shape index (κ1) is 17.2. The van der Waals surface area contributed by atoms with E-state index in [9.17, 15) is 10.1 Å². The number of amides is 1. The second kappa shape index (κ2) is 8.49. The van der Waals surface area contributed by atoms with E-state index >= 15 is 0 Å². The van der Waals surface area contributed by atoms with Crippen molar-refractivity contribution in [3.8, 4) is 6.07 Å². The van der Waals surface area contributed by atoms with Gasteiger partial charge in [0.2, 0.25) is 0 Å². The average Bonchev–Trinajstić information content (AvgIpc) is 3.19. The van der Waals surface area contributed by atoms with Crippen molar-refractivity contribution in [3.05, 3.63) is 36.2 Å². The molecular formula is C18H23N5O2. The van der Waals surface area contributed by atoms with E-state index in [1.807, 2.05) is 29.2 Å². The number of hydrogen-bond acceptors (Lipinski definition) is 6. The lowest BCUT2D eigenvalue weighted by molar-refractivity contribution is -0.117. The van der Waals surface area contributed by atoms with Crippen LogP contribution in [0.25, 0.3) is 0 Å². The smallest absolute Gasteiger partial charge is 0.263 e. The lowest BCUT2D eigenvalue weighted by atomic mass is 10.2. The number of rotatable bonds is 5. The largest absolute Gasteiger partial charge is 0.376 e. The van der Waals surface area contributed by atoms with E-state index in [0.717, 1.165) is 51.4 Å². The lowest BCUT2D eigenvalue weighted by Crippen LogP contribution is -2.45. The van der Waals surface area contributed by atoms with Crippen LogP contribution in [-0.4, -0.2) is 61.2 Å². The maximum atomic E-state index is 12.2. The number of aromatic nitrogens is 1. The Morgan fingerprint density at radius 3 is 2.88 bits per heavy atom. The van der Waals surface area contributed by atoms with Gasteiger partial charge in [0, 0.05) is 51.7 Å². The highest BCUT2D eigenvalue weighted by atomic mass is 16.5. The summed E-state index contributed by atoms with van der Waals surface area (Å²) in [6.45, 7) is 4.34. The monoisotopic (exact) mass is 341 g/mol. The molecule has 1 aromatic heterocycles. The maximum absolute atomic E-state index is 12.2. The normalized spacial score (nSPS) is 21.1. The van der Waals surface area contributed by atoms with Crippen LogP contribution < -0.4 is 10.2 Å². The van der Waals surface area contributed by atoms with Crippen LogP contribution in [-0.2, 0) is 9.53 Å². The molecule has 7 nitrogen and oxygen atoms in total. The molecule has 1 aromatic rings. The number of piperazine rings is 1. The number of ether oxygens (including phenoxy) is 1. The van der Waals surface area contributed by atoms with Gasteiger partial charge in [-0.2, -0.15) is 5.26 Å². The molecule has 3 heterocycles. The Hall–Kier alpha value is -2.59. The highest BCUT2D eigenvalue weighted by Gasteiger charge is 2.20. The molecule has 132 valence electrons. The van der Waals surface area contributed by atoms with Gasteiger partial charge in [-0.3, -0.25) is 4.79 Å². The predicted molar refractivity (Wildman–Crippen MR) is 93.7 cm³/mol. The van der Waals surface area contributed by atoms with E-state index in [0.29, 0.717) is 6.54 Å². The van der Waals surface area contributed by atoms with Crippen molar-refractivity contribution < 1.29 is 9.53 Å². The van der Waals surface area contributed by atoms with E-state index in [-0.39, 0.29) is 17.6 Å². The van der Waals surface area contributed by atoms with E-state index < -0.39 is 0 Å². The molecule has 0 bridgehead atoms. The zero-order valence-electron chi connectivity index (χ0n) is 14.2. The van der Waals surface area contributed by atoms with Gasteiger partial charge in [-0.25, -0.2) is 4.98 Å². The van der Waals surface area contributed by atoms with Crippen molar-refractivity contribution in [2.45, 2.75) is 18.9 Å². The number of nitrogens with zero attached hydrogens (tertiary/aromatic N) is 4. The van der Waals surface area contributed by atoms with Crippen molar-refractivity contribution in [1.29, 1.82) is 5.26 Å². The number of carbonyl (C=O) groups is 1. The van der Waals surface area contributed by atoms with Crippen molar-refractivity contribution in [1.82, 2.24) is 15.2 Å². The first-order valence-corrected chi connectivity index (χ1v) is 8.68. The first-order chi connectivity index (χ1) is 12.3. The van der Waals surface area contributed by atoms with Gasteiger partial charge in [-0.15, -0.1) is 0 Å². The summed E-state index contributed by atoms with van der Waals surface area (Å²) in [5, 5.41) is 12.1. The zero-order valence-corrected chi connectivity index (χ0v) is 14.2. The van der Waals surface area contributed by atoms with Gasteiger partial charge in [0.25, 0.3) is 5.91 Å². The number of nitriles is 1. The molecule has 7 heteroatoms. The van der Waals surface area contributed by atoms with E-state index in [4.69, 9.17) is 4.74 Å². The van der Waals surface area contributed by atoms with E-state index in [1.165, 1.54) is 0 Å². The van der Waals surface area contributed by atoms with Gasteiger partial charge in [0.1, 0.15) is 17.5 Å². The first-order valence-electron chi connectivity index (χ1n) is 8.68. The minimum Gasteiger partial charge on any atom is -0.376 e. The summed E-state index contributed by atoms with van der Waals surface area (Å²) in [6, 6.07) is 7.87. The summed E-state index contributed by atoms with van der Waals surface area (Å²) in [5.74, 6) is 0.631. The van der Waals surface area contributed by atoms with Gasteiger partial charge in [0.05, 0.1) is 6.10 Å². The molecular weight excluding hydrogens is 318 g/mol. The number of nitrogens with one attached hydrogen (secondary N) is 1. The zero-order chi connectivity index (χ0) is 17.5. The molecule has 1 unspecified atom stereocenters. The van der Waals surface area contributed by atoms with Crippen molar-refractivity contribution >= 4 is 11.7 Å². The van der Waals surface area contributed by atoms with Crippen LogP contribution in [0, 0.1) is 11.3 Å². The summed E-state index contributed by atoms with van der Waals surface area (Å²) in [5.41, 5.74) is 0.143. The number of pyridine rings is 1. The minimum atomic E-state index is -0.329. The molecule has 0 radical (unpaired) electrons. The van der Waals surface area contributed by atoms with Gasteiger partial charge >= 0.3 is 0 Å². The van der Waals surface area contributed by atoms with Crippen LogP contribution in [0.15, 0.2) is 36.2 Å². The number of carbonyl (C=O) groups excluding carboxylic acids is 1. The minimum absolute atomic E-state index is 0.0748. The topological polar surface area (TPSA) is 81.5 Å². The molecule has 2 saturated heterocycles. The Morgan fingerprint density at radius 1 is 1.40 bits per heavy atom. The quantitative estimate of drug-likeness (QED) is 0.633.